The van der Waals surface area contributed by atoms with Gasteiger partial charge in [-0.05, 0) is 45.6 Å². The van der Waals surface area contributed by atoms with Crippen molar-refractivity contribution >= 4 is 17.4 Å². The van der Waals surface area contributed by atoms with Gasteiger partial charge in [0.05, 0.1) is 22.4 Å². The summed E-state index contributed by atoms with van der Waals surface area (Å²) in [5.41, 5.74) is -0.0124. The van der Waals surface area contributed by atoms with E-state index in [1.54, 1.807) is 25.6 Å². The highest BCUT2D eigenvalue weighted by atomic mass is 32.2. The quantitative estimate of drug-likeness (QED) is 0.808. The summed E-state index contributed by atoms with van der Waals surface area (Å²) in [7, 11) is 0. The van der Waals surface area contributed by atoms with Crippen LogP contribution in [0.25, 0.3) is 0 Å². The van der Waals surface area contributed by atoms with Crippen LogP contribution in [-0.2, 0) is 0 Å². The Balaban J connectivity index is 3.16. The molecule has 1 aromatic carbocycles. The number of rotatable bonds is 5. The Bertz CT molecular complexity index is 484. The Morgan fingerprint density at radius 2 is 1.95 bits per heavy atom. The van der Waals surface area contributed by atoms with Crippen molar-refractivity contribution in [1.82, 2.24) is 0 Å². The van der Waals surface area contributed by atoms with E-state index < -0.39 is 11.1 Å². The third kappa shape index (κ3) is 3.65. The van der Waals surface area contributed by atoms with Gasteiger partial charge in [0.1, 0.15) is 6.07 Å². The molecule has 0 bridgehead atoms. The van der Waals surface area contributed by atoms with Gasteiger partial charge in [-0.3, -0.25) is 0 Å². The molecule has 3 nitrogen and oxygen atoms in total. The highest BCUT2D eigenvalue weighted by Crippen LogP contribution is 2.32. The van der Waals surface area contributed by atoms with Gasteiger partial charge >= 0.3 is 0 Å². The van der Waals surface area contributed by atoms with Crippen molar-refractivity contribution in [3.63, 3.8) is 0 Å². The van der Waals surface area contributed by atoms with Crippen LogP contribution in [-0.4, -0.2) is 22.0 Å². The fraction of sp³-hybridized carbons (Fsp3) is 0.533. The molecule has 19 heavy (non-hydrogen) atoms. The first-order valence-electron chi connectivity index (χ1n) is 6.39. The van der Waals surface area contributed by atoms with E-state index in [-0.39, 0.29) is 0 Å². The third-order valence-electron chi connectivity index (χ3n) is 3.41. The van der Waals surface area contributed by atoms with Crippen LogP contribution in [0.1, 0.15) is 40.2 Å². The molecule has 0 amide bonds. The summed E-state index contributed by atoms with van der Waals surface area (Å²) < 4.78 is 0. The molecule has 0 saturated heterocycles. The molecule has 0 spiro atoms. The molecule has 0 atom stereocenters. The Morgan fingerprint density at radius 1 is 1.32 bits per heavy atom. The van der Waals surface area contributed by atoms with Crippen molar-refractivity contribution in [3.05, 3.63) is 23.8 Å². The van der Waals surface area contributed by atoms with Crippen LogP contribution < -0.4 is 5.32 Å². The van der Waals surface area contributed by atoms with Crippen molar-refractivity contribution in [2.45, 2.75) is 50.7 Å². The first-order chi connectivity index (χ1) is 8.73. The molecule has 2 N–H and O–H groups in total. The van der Waals surface area contributed by atoms with Gasteiger partial charge in [-0.15, -0.1) is 11.8 Å². The number of nitrogens with one attached hydrogen (secondary N) is 1. The minimum atomic E-state index is -0.895. The molecule has 1 aromatic rings. The van der Waals surface area contributed by atoms with Crippen LogP contribution >= 0.6 is 11.8 Å². The first-order valence-corrected chi connectivity index (χ1v) is 7.38. The standard InChI is InChI=1S/C15H22N2OS/c1-6-19-13-9-7-8-12(11(13)10-16)17-14(2,3)15(4,5)18/h7-9,17-18H,6H2,1-5H3. The van der Waals surface area contributed by atoms with Crippen LogP contribution in [0.2, 0.25) is 0 Å². The molecule has 0 aliphatic carbocycles. The normalized spacial score (nSPS) is 12.1. The fourth-order valence-electron chi connectivity index (χ4n) is 1.52. The number of aliphatic hydroxyl groups is 1. The maximum absolute atomic E-state index is 10.2. The van der Waals surface area contributed by atoms with E-state index >= 15 is 0 Å². The number of thioether (sulfide) groups is 1. The maximum Gasteiger partial charge on any atom is 0.102 e. The lowest BCUT2D eigenvalue weighted by Gasteiger charge is -2.39. The summed E-state index contributed by atoms with van der Waals surface area (Å²) in [4.78, 5) is 0.974. The lowest BCUT2D eigenvalue weighted by atomic mass is 9.85. The largest absolute Gasteiger partial charge is 0.388 e. The lowest BCUT2D eigenvalue weighted by Crippen LogP contribution is -2.51. The van der Waals surface area contributed by atoms with E-state index in [1.165, 1.54) is 0 Å². The molecule has 4 heteroatoms. The Labute approximate surface area is 120 Å². The number of hydrogen-bond acceptors (Lipinski definition) is 4. The number of hydrogen-bond donors (Lipinski definition) is 2. The second-order valence-corrected chi connectivity index (χ2v) is 6.84. The second kappa shape index (κ2) is 5.85. The van der Waals surface area contributed by atoms with Gasteiger partial charge in [0.25, 0.3) is 0 Å². The summed E-state index contributed by atoms with van der Waals surface area (Å²) in [6, 6.07) is 8.02. The predicted molar refractivity (Wildman–Crippen MR) is 81.6 cm³/mol. The summed E-state index contributed by atoms with van der Waals surface area (Å²) in [5.74, 6) is 0.924. The molecule has 0 saturated carbocycles. The minimum Gasteiger partial charge on any atom is -0.388 e. The van der Waals surface area contributed by atoms with E-state index in [0.29, 0.717) is 5.56 Å². The molecule has 0 aliphatic heterocycles. The van der Waals surface area contributed by atoms with Crippen LogP contribution in [0.3, 0.4) is 0 Å². The minimum absolute atomic E-state index is 0.534. The van der Waals surface area contributed by atoms with Gasteiger partial charge in [0, 0.05) is 4.90 Å². The zero-order valence-electron chi connectivity index (χ0n) is 12.2. The number of benzene rings is 1. The van der Waals surface area contributed by atoms with Gasteiger partial charge in [-0.2, -0.15) is 5.26 Å². The monoisotopic (exact) mass is 278 g/mol. The number of nitriles is 1. The predicted octanol–water partition coefficient (Wildman–Crippen LogP) is 3.63. The number of anilines is 1. The second-order valence-electron chi connectivity index (χ2n) is 5.53. The highest BCUT2D eigenvalue weighted by molar-refractivity contribution is 7.99. The summed E-state index contributed by atoms with van der Waals surface area (Å²) in [5, 5.41) is 22.8. The SMILES string of the molecule is CCSc1cccc(NC(C)(C)C(C)(C)O)c1C#N. The summed E-state index contributed by atoms with van der Waals surface area (Å²) >= 11 is 1.65. The van der Waals surface area contributed by atoms with Gasteiger partial charge in [-0.25, -0.2) is 0 Å². The van der Waals surface area contributed by atoms with Crippen molar-refractivity contribution in [2.75, 3.05) is 11.1 Å². The average molecular weight is 278 g/mol. The highest BCUT2D eigenvalue weighted by Gasteiger charge is 2.35. The Kier molecular flexibility index (Phi) is 4.89. The van der Waals surface area contributed by atoms with Gasteiger partial charge in [0.15, 0.2) is 0 Å². The zero-order chi connectivity index (χ0) is 14.7. The van der Waals surface area contributed by atoms with Crippen LogP contribution in [0, 0.1) is 11.3 Å². The van der Waals surface area contributed by atoms with Crippen molar-refractivity contribution in [2.24, 2.45) is 0 Å². The topological polar surface area (TPSA) is 56.0 Å². The molecular weight excluding hydrogens is 256 g/mol. The zero-order valence-corrected chi connectivity index (χ0v) is 13.1. The molecule has 104 valence electrons. The number of nitrogens with zero attached hydrogens (tertiary/aromatic N) is 1. The van der Waals surface area contributed by atoms with Crippen molar-refractivity contribution in [3.8, 4) is 6.07 Å². The van der Waals surface area contributed by atoms with Crippen molar-refractivity contribution in [1.29, 1.82) is 5.26 Å². The van der Waals surface area contributed by atoms with Crippen LogP contribution in [0.5, 0.6) is 0 Å². The van der Waals surface area contributed by atoms with E-state index in [0.717, 1.165) is 16.3 Å². The van der Waals surface area contributed by atoms with E-state index in [1.807, 2.05) is 32.0 Å². The van der Waals surface area contributed by atoms with Crippen molar-refractivity contribution < 1.29 is 5.11 Å². The van der Waals surface area contributed by atoms with Gasteiger partial charge < -0.3 is 10.4 Å². The summed E-state index contributed by atoms with van der Waals surface area (Å²) in [6.07, 6.45) is 0. The van der Waals surface area contributed by atoms with Gasteiger partial charge in [0.2, 0.25) is 0 Å². The third-order valence-corrected chi connectivity index (χ3v) is 4.35. The van der Waals surface area contributed by atoms with Crippen LogP contribution in [0.4, 0.5) is 5.69 Å². The smallest absolute Gasteiger partial charge is 0.102 e. The molecular formula is C15H22N2OS. The Morgan fingerprint density at radius 3 is 2.42 bits per heavy atom. The maximum atomic E-state index is 10.2. The Hall–Kier alpha value is -1.18. The molecule has 0 aromatic heterocycles. The fourth-order valence-corrected chi connectivity index (χ4v) is 2.30. The first kappa shape index (κ1) is 15.9. The van der Waals surface area contributed by atoms with Crippen LogP contribution in [0.15, 0.2) is 23.1 Å². The average Bonchev–Trinajstić information content (AvgIpc) is 2.28. The molecule has 0 fully saturated rings. The molecule has 0 unspecified atom stereocenters. The van der Waals surface area contributed by atoms with E-state index in [2.05, 4.69) is 18.3 Å². The molecule has 0 aliphatic rings. The molecule has 1 rings (SSSR count). The lowest BCUT2D eigenvalue weighted by molar-refractivity contribution is 0.0240. The summed E-state index contributed by atoms with van der Waals surface area (Å²) in [6.45, 7) is 9.43. The van der Waals surface area contributed by atoms with Gasteiger partial charge in [-0.1, -0.05) is 13.0 Å². The molecule has 0 heterocycles. The van der Waals surface area contributed by atoms with E-state index in [4.69, 9.17) is 0 Å². The van der Waals surface area contributed by atoms with E-state index in [9.17, 15) is 10.4 Å². The molecule has 0 radical (unpaired) electrons.